The second-order valence-electron chi connectivity index (χ2n) is 13.1. The third-order valence-electron chi connectivity index (χ3n) is 9.61. The van der Waals surface area contributed by atoms with Crippen LogP contribution in [0.15, 0.2) is 54.6 Å². The van der Waals surface area contributed by atoms with Gasteiger partial charge < -0.3 is 74.4 Å². The normalized spacial score (nSPS) is 35.1. The molecule has 0 saturated carbocycles. The van der Waals surface area contributed by atoms with Gasteiger partial charge in [0, 0.05) is 17.7 Å². The maximum Gasteiger partial charge on any atom is 0.330 e. The molecule has 4 heterocycles. The number of ether oxygens (including phenoxy) is 6. The van der Waals surface area contributed by atoms with Crippen LogP contribution in [0.25, 0.3) is 17.2 Å². The first-order valence-corrected chi connectivity index (χ1v) is 16.5. The number of carbonyl (C=O) groups excluding carboxylic acids is 2. The van der Waals surface area contributed by atoms with E-state index >= 15 is 0 Å². The van der Waals surface area contributed by atoms with Gasteiger partial charge in [-0.1, -0.05) is 18.2 Å². The average molecular weight is 741 g/mol. The number of esters is 1. The molecule has 2 fully saturated rings. The zero-order valence-corrected chi connectivity index (χ0v) is 27.7. The molecule has 53 heavy (non-hydrogen) atoms. The predicted octanol–water partition coefficient (Wildman–Crippen LogP) is 0.107. The van der Waals surface area contributed by atoms with E-state index in [2.05, 4.69) is 0 Å². The lowest BCUT2D eigenvalue weighted by atomic mass is 9.89. The number of fused-ring (bicyclic) bond motifs is 9. The zero-order valence-electron chi connectivity index (χ0n) is 27.7. The van der Waals surface area contributed by atoms with Gasteiger partial charge >= 0.3 is 5.97 Å². The molecule has 4 aliphatic heterocycles. The van der Waals surface area contributed by atoms with Crippen LogP contribution in [0.3, 0.4) is 0 Å². The largest absolute Gasteiger partial charge is 0.508 e. The number of aliphatic hydroxyl groups excluding tert-OH is 5. The van der Waals surface area contributed by atoms with Gasteiger partial charge in [0.2, 0.25) is 5.78 Å². The van der Waals surface area contributed by atoms with Crippen LogP contribution in [-0.4, -0.2) is 132 Å². The number of ketones is 1. The van der Waals surface area contributed by atoms with Gasteiger partial charge in [-0.3, -0.25) is 4.79 Å². The Morgan fingerprint density at radius 2 is 1.38 bits per heavy atom. The Hall–Kier alpha value is -4.82. The molecule has 4 aliphatic rings. The monoisotopic (exact) mass is 740 g/mol. The van der Waals surface area contributed by atoms with E-state index in [0.29, 0.717) is 0 Å². The molecule has 0 spiro atoms. The van der Waals surface area contributed by atoms with E-state index in [1.807, 2.05) is 0 Å². The van der Waals surface area contributed by atoms with Crippen LogP contribution in [-0.2, 0) is 28.5 Å². The third kappa shape index (κ3) is 6.67. The first-order chi connectivity index (χ1) is 25.2. The molecule has 9 bridgehead atoms. The minimum Gasteiger partial charge on any atom is -0.508 e. The molecule has 0 aromatic heterocycles. The third-order valence-corrected chi connectivity index (χ3v) is 9.61. The van der Waals surface area contributed by atoms with E-state index in [0.717, 1.165) is 12.1 Å². The Morgan fingerprint density at radius 3 is 2.11 bits per heavy atom. The SMILES string of the molecule is C[C@@H]1O[C@H]2OC3C(=O)c4c(cc(O)c(c4O)-c4cc(ccc4O)/C=C\C(=O)OC[C@H]4O[C@@H](O[C@H]([C@H]1O)[C@H]2O)[C@H](O)[C@@H](O)[C@@H]4O)OC3c1ccc(O)cc1. The van der Waals surface area contributed by atoms with Crippen LogP contribution in [0.1, 0.15) is 34.5 Å². The Morgan fingerprint density at radius 1 is 0.660 bits per heavy atom. The van der Waals surface area contributed by atoms with E-state index in [1.54, 1.807) is 0 Å². The molecular weight excluding hydrogens is 704 g/mol. The highest BCUT2D eigenvalue weighted by Crippen LogP contribution is 2.51. The van der Waals surface area contributed by atoms with Crippen LogP contribution in [0, 0.1) is 0 Å². The number of cyclic esters (lactones) is 1. The van der Waals surface area contributed by atoms with Gasteiger partial charge in [-0.15, -0.1) is 0 Å². The molecule has 2 saturated heterocycles. The maximum absolute atomic E-state index is 14.4. The minimum absolute atomic E-state index is 0.113. The highest BCUT2D eigenvalue weighted by atomic mass is 16.7. The number of Topliss-reactive ketones (excluding diaryl/α,β-unsaturated/α-hetero) is 1. The fourth-order valence-electron chi connectivity index (χ4n) is 6.72. The van der Waals surface area contributed by atoms with Gasteiger partial charge in [-0.05, 0) is 48.4 Å². The topological polar surface area (TPSA) is 272 Å². The number of aliphatic hydroxyl groups is 5. The van der Waals surface area contributed by atoms with Crippen LogP contribution >= 0.6 is 0 Å². The summed E-state index contributed by atoms with van der Waals surface area (Å²) in [7, 11) is 0. The zero-order chi connectivity index (χ0) is 37.9. The number of hydrogen-bond acceptors (Lipinski definition) is 17. The molecule has 3 aromatic rings. The summed E-state index contributed by atoms with van der Waals surface area (Å²) in [6, 6.07) is 10.5. The van der Waals surface area contributed by atoms with E-state index in [-0.39, 0.29) is 33.8 Å². The highest BCUT2D eigenvalue weighted by Gasteiger charge is 2.52. The molecule has 7 rings (SSSR count). The molecule has 0 amide bonds. The van der Waals surface area contributed by atoms with Gasteiger partial charge in [0.05, 0.1) is 11.7 Å². The fourth-order valence-corrected chi connectivity index (χ4v) is 6.72. The summed E-state index contributed by atoms with van der Waals surface area (Å²) in [5.74, 6) is -4.10. The Labute approximate surface area is 300 Å². The minimum atomic E-state index is -1.94. The smallest absolute Gasteiger partial charge is 0.330 e. The van der Waals surface area contributed by atoms with Crippen molar-refractivity contribution in [2.75, 3.05) is 6.61 Å². The van der Waals surface area contributed by atoms with Gasteiger partial charge in [0.1, 0.15) is 83.6 Å². The van der Waals surface area contributed by atoms with Crippen molar-refractivity contribution >= 4 is 17.8 Å². The van der Waals surface area contributed by atoms with E-state index in [9.17, 15) is 55.5 Å². The van der Waals surface area contributed by atoms with E-state index in [4.69, 9.17) is 28.4 Å². The maximum atomic E-state index is 14.4. The van der Waals surface area contributed by atoms with Crippen LogP contribution < -0.4 is 4.74 Å². The average Bonchev–Trinajstić information content (AvgIpc) is 3.12. The lowest BCUT2D eigenvalue weighted by Crippen LogP contribution is -2.64. The van der Waals surface area contributed by atoms with Crippen molar-refractivity contribution < 1.29 is 84.0 Å². The standard InChI is InChI=1S/C36H36O17/c1-13-25(41)33-31(47)36(49-13)53-34-28(44)24-20(50-32(34)15-4-6-16(37)7-5-15)11-19(39)23(27(24)43)17-10-14(2-8-18(17)38)3-9-22(40)48-12-21-26(42)29(45)30(46)35(51-21)52-33/h2-11,13,21,25-26,29-39,41-43,45-47H,12H2,1H3/b9-3-/t13-,21+,25-,26+,29-,30+,31+,32?,33+,34?,35-,36-/m0/s1. The molecule has 12 atom stereocenters. The van der Waals surface area contributed by atoms with Crippen LogP contribution in [0.5, 0.6) is 28.7 Å². The fraction of sp³-hybridized carbons (Fsp3) is 0.389. The lowest BCUT2D eigenvalue weighted by Gasteiger charge is -2.46. The molecule has 17 heteroatoms. The summed E-state index contributed by atoms with van der Waals surface area (Å²) in [5.41, 5.74) is -0.464. The van der Waals surface area contributed by atoms with Crippen molar-refractivity contribution in [3.05, 3.63) is 71.3 Å². The predicted molar refractivity (Wildman–Crippen MR) is 175 cm³/mol. The summed E-state index contributed by atoms with van der Waals surface area (Å²) in [6.07, 6.45) is -17.8. The quantitative estimate of drug-likeness (QED) is 0.150. The number of aromatic hydroxyl groups is 4. The van der Waals surface area contributed by atoms with E-state index < -0.39 is 115 Å². The second kappa shape index (κ2) is 14.2. The number of phenols is 4. The summed E-state index contributed by atoms with van der Waals surface area (Å²) in [6.45, 7) is 0.750. The van der Waals surface area contributed by atoms with Crippen LogP contribution in [0.4, 0.5) is 0 Å². The Bertz CT molecular complexity index is 1910. The van der Waals surface area contributed by atoms with Gasteiger partial charge in [-0.25, -0.2) is 4.79 Å². The number of phenolic OH excluding ortho intramolecular Hbond substituents is 4. The van der Waals surface area contributed by atoms with Crippen LogP contribution in [0.2, 0.25) is 0 Å². The summed E-state index contributed by atoms with van der Waals surface area (Å²) in [4.78, 5) is 27.1. The van der Waals surface area contributed by atoms with E-state index in [1.165, 1.54) is 55.5 Å². The van der Waals surface area contributed by atoms with Gasteiger partial charge in [0.25, 0.3) is 0 Å². The van der Waals surface area contributed by atoms with Crippen molar-refractivity contribution in [2.45, 2.75) is 80.5 Å². The molecule has 282 valence electrons. The molecule has 9 N–H and O–H groups in total. The summed E-state index contributed by atoms with van der Waals surface area (Å²) in [5, 5.41) is 97.9. The Kier molecular flexibility index (Phi) is 9.79. The van der Waals surface area contributed by atoms with Crippen molar-refractivity contribution in [2.24, 2.45) is 0 Å². The highest BCUT2D eigenvalue weighted by molar-refractivity contribution is 6.08. The Balaban J connectivity index is 1.36. The summed E-state index contributed by atoms with van der Waals surface area (Å²) >= 11 is 0. The van der Waals surface area contributed by atoms with Gasteiger partial charge in [0.15, 0.2) is 24.8 Å². The van der Waals surface area contributed by atoms with Crippen molar-refractivity contribution in [1.29, 1.82) is 0 Å². The summed E-state index contributed by atoms with van der Waals surface area (Å²) < 4.78 is 34.6. The first-order valence-electron chi connectivity index (χ1n) is 16.5. The molecule has 2 unspecified atom stereocenters. The number of carbonyl (C=O) groups is 2. The van der Waals surface area contributed by atoms with Crippen molar-refractivity contribution in [1.82, 2.24) is 0 Å². The molecule has 17 nitrogen and oxygen atoms in total. The number of benzene rings is 3. The van der Waals surface area contributed by atoms with Gasteiger partial charge in [-0.2, -0.15) is 0 Å². The first kappa shape index (κ1) is 36.5. The van der Waals surface area contributed by atoms with Crippen molar-refractivity contribution in [3.8, 4) is 39.9 Å². The van der Waals surface area contributed by atoms with Crippen molar-refractivity contribution in [3.63, 3.8) is 0 Å². The molecule has 0 aliphatic carbocycles. The second-order valence-corrected chi connectivity index (χ2v) is 13.1. The molecule has 0 radical (unpaired) electrons. The number of hydrogen-bond donors (Lipinski definition) is 9. The molecule has 3 aromatic carbocycles. The lowest BCUT2D eigenvalue weighted by molar-refractivity contribution is -0.360. The number of rotatable bonds is 1. The molecular formula is C36H36O17.